The van der Waals surface area contributed by atoms with E-state index in [4.69, 9.17) is 10.5 Å². The molecule has 110 valence electrons. The molecule has 5 heteroatoms. The number of carbonyl (C=O) groups excluding carboxylic acids is 1. The molecule has 0 atom stereocenters. The molecule has 2 rings (SSSR count). The predicted octanol–water partition coefficient (Wildman–Crippen LogP) is 2.39. The Morgan fingerprint density at radius 2 is 1.95 bits per heavy atom. The van der Waals surface area contributed by atoms with E-state index in [2.05, 4.69) is 5.32 Å². The van der Waals surface area contributed by atoms with Gasteiger partial charge in [-0.25, -0.2) is 4.39 Å². The maximum Gasteiger partial charge on any atom is 0.251 e. The molecule has 0 saturated heterocycles. The zero-order valence-electron chi connectivity index (χ0n) is 11.7. The molecule has 2 aromatic rings. The fourth-order valence-electron chi connectivity index (χ4n) is 1.93. The lowest BCUT2D eigenvalue weighted by molar-refractivity contribution is 0.0954. The normalized spacial score (nSPS) is 10.2. The topological polar surface area (TPSA) is 64.3 Å². The van der Waals surface area contributed by atoms with Crippen molar-refractivity contribution in [1.29, 1.82) is 0 Å². The molecule has 0 heterocycles. The van der Waals surface area contributed by atoms with Crippen molar-refractivity contribution in [2.24, 2.45) is 0 Å². The van der Waals surface area contributed by atoms with Gasteiger partial charge in [0.25, 0.3) is 5.91 Å². The fraction of sp³-hybridized carbons (Fsp3) is 0.188. The molecular formula is C16H17FN2O2. The van der Waals surface area contributed by atoms with Gasteiger partial charge >= 0.3 is 0 Å². The molecule has 0 aliphatic heterocycles. The minimum absolute atomic E-state index is 0.199. The molecule has 0 aliphatic rings. The van der Waals surface area contributed by atoms with Gasteiger partial charge in [0, 0.05) is 12.1 Å². The van der Waals surface area contributed by atoms with E-state index in [1.165, 1.54) is 19.2 Å². The average Bonchev–Trinajstić information content (AvgIpc) is 2.49. The molecule has 0 aromatic heterocycles. The van der Waals surface area contributed by atoms with Crippen molar-refractivity contribution < 1.29 is 13.9 Å². The van der Waals surface area contributed by atoms with E-state index in [9.17, 15) is 9.18 Å². The van der Waals surface area contributed by atoms with Crippen molar-refractivity contribution in [3.8, 4) is 5.75 Å². The van der Waals surface area contributed by atoms with Crippen molar-refractivity contribution in [2.45, 2.75) is 6.42 Å². The number of halogens is 1. The zero-order chi connectivity index (χ0) is 15.2. The summed E-state index contributed by atoms with van der Waals surface area (Å²) in [6.07, 6.45) is 0.637. The van der Waals surface area contributed by atoms with Crippen LogP contribution in [0.2, 0.25) is 0 Å². The summed E-state index contributed by atoms with van der Waals surface area (Å²) in [4.78, 5) is 12.0. The largest absolute Gasteiger partial charge is 0.495 e. The van der Waals surface area contributed by atoms with Crippen molar-refractivity contribution in [2.75, 3.05) is 19.4 Å². The second-order valence-electron chi connectivity index (χ2n) is 4.59. The lowest BCUT2D eigenvalue weighted by Gasteiger charge is -2.08. The first kappa shape index (κ1) is 14.8. The Balaban J connectivity index is 1.91. The monoisotopic (exact) mass is 288 g/mol. The fourth-order valence-corrected chi connectivity index (χ4v) is 1.93. The molecule has 0 aliphatic carbocycles. The van der Waals surface area contributed by atoms with Gasteiger partial charge in [0.2, 0.25) is 0 Å². The summed E-state index contributed by atoms with van der Waals surface area (Å²) < 4.78 is 17.9. The van der Waals surface area contributed by atoms with E-state index in [1.807, 2.05) is 0 Å². The van der Waals surface area contributed by atoms with Crippen LogP contribution < -0.4 is 15.8 Å². The number of amides is 1. The van der Waals surface area contributed by atoms with Crippen LogP contribution in [0.15, 0.2) is 42.5 Å². The third-order valence-corrected chi connectivity index (χ3v) is 3.11. The van der Waals surface area contributed by atoms with Crippen LogP contribution in [0.1, 0.15) is 15.9 Å². The highest BCUT2D eigenvalue weighted by atomic mass is 19.1. The number of nitrogens with one attached hydrogen (secondary N) is 1. The molecule has 0 spiro atoms. The van der Waals surface area contributed by atoms with E-state index < -0.39 is 0 Å². The highest BCUT2D eigenvalue weighted by Crippen LogP contribution is 2.21. The summed E-state index contributed by atoms with van der Waals surface area (Å²) in [6, 6.07) is 11.1. The standard InChI is InChI=1S/C16H17FN2O2/c1-21-15-10-12(4-7-14(15)18)16(20)19-9-8-11-2-5-13(17)6-3-11/h2-7,10H,8-9,18H2,1H3,(H,19,20). The van der Waals surface area contributed by atoms with Crippen LogP contribution in [0, 0.1) is 5.82 Å². The highest BCUT2D eigenvalue weighted by molar-refractivity contribution is 5.95. The van der Waals surface area contributed by atoms with E-state index in [0.29, 0.717) is 30.0 Å². The van der Waals surface area contributed by atoms with Gasteiger partial charge in [-0.3, -0.25) is 4.79 Å². The average molecular weight is 288 g/mol. The number of benzene rings is 2. The molecule has 0 bridgehead atoms. The van der Waals surface area contributed by atoms with Gasteiger partial charge in [0.05, 0.1) is 12.8 Å². The van der Waals surface area contributed by atoms with E-state index >= 15 is 0 Å². The summed E-state index contributed by atoms with van der Waals surface area (Å²) in [5.41, 5.74) is 7.64. The minimum atomic E-state index is -0.267. The molecule has 0 saturated carbocycles. The van der Waals surface area contributed by atoms with E-state index in [1.54, 1.807) is 30.3 Å². The maximum atomic E-state index is 12.8. The molecule has 0 fully saturated rings. The van der Waals surface area contributed by atoms with Gasteiger partial charge in [-0.1, -0.05) is 12.1 Å². The molecule has 2 aromatic carbocycles. The number of nitrogens with two attached hydrogens (primary N) is 1. The van der Waals surface area contributed by atoms with Gasteiger partial charge in [-0.05, 0) is 42.3 Å². The van der Waals surface area contributed by atoms with Crippen LogP contribution in [0.5, 0.6) is 5.75 Å². The first-order valence-electron chi connectivity index (χ1n) is 6.56. The first-order valence-corrected chi connectivity index (χ1v) is 6.56. The summed E-state index contributed by atoms with van der Waals surface area (Å²) in [5, 5.41) is 2.80. The third kappa shape index (κ3) is 3.95. The van der Waals surface area contributed by atoms with Gasteiger partial charge in [0.1, 0.15) is 11.6 Å². The lowest BCUT2D eigenvalue weighted by atomic mass is 10.1. The first-order chi connectivity index (χ1) is 10.1. The van der Waals surface area contributed by atoms with Crippen molar-refractivity contribution in [3.63, 3.8) is 0 Å². The number of anilines is 1. The van der Waals surface area contributed by atoms with Crippen molar-refractivity contribution in [3.05, 3.63) is 59.4 Å². The minimum Gasteiger partial charge on any atom is -0.495 e. The number of carbonyl (C=O) groups is 1. The molecule has 0 unspecified atom stereocenters. The van der Waals surface area contributed by atoms with Crippen LogP contribution in [-0.4, -0.2) is 19.6 Å². The zero-order valence-corrected chi connectivity index (χ0v) is 11.7. The molecule has 3 N–H and O–H groups in total. The van der Waals surface area contributed by atoms with E-state index in [-0.39, 0.29) is 11.7 Å². The Hall–Kier alpha value is -2.56. The van der Waals surface area contributed by atoms with Gasteiger partial charge in [0.15, 0.2) is 0 Å². The number of hydrogen-bond acceptors (Lipinski definition) is 3. The van der Waals surface area contributed by atoms with E-state index in [0.717, 1.165) is 5.56 Å². The molecule has 21 heavy (non-hydrogen) atoms. The van der Waals surface area contributed by atoms with Crippen LogP contribution in [0.4, 0.5) is 10.1 Å². The second kappa shape index (κ2) is 6.74. The van der Waals surface area contributed by atoms with Crippen molar-refractivity contribution in [1.82, 2.24) is 5.32 Å². The smallest absolute Gasteiger partial charge is 0.251 e. The Kier molecular flexibility index (Phi) is 4.77. The Morgan fingerprint density at radius 3 is 2.62 bits per heavy atom. The quantitative estimate of drug-likeness (QED) is 0.830. The highest BCUT2D eigenvalue weighted by Gasteiger charge is 2.08. The Labute approximate surface area is 122 Å². The van der Waals surface area contributed by atoms with Gasteiger partial charge in [-0.15, -0.1) is 0 Å². The SMILES string of the molecule is COc1cc(C(=O)NCCc2ccc(F)cc2)ccc1N. The predicted molar refractivity (Wildman–Crippen MR) is 79.8 cm³/mol. The van der Waals surface area contributed by atoms with Crippen LogP contribution in [-0.2, 0) is 6.42 Å². The summed E-state index contributed by atoms with van der Waals surface area (Å²) in [5.74, 6) is 0.00773. The summed E-state index contributed by atoms with van der Waals surface area (Å²) in [6.45, 7) is 0.469. The van der Waals surface area contributed by atoms with Gasteiger partial charge in [-0.2, -0.15) is 0 Å². The summed E-state index contributed by atoms with van der Waals surface area (Å²) in [7, 11) is 1.50. The van der Waals surface area contributed by atoms with Crippen molar-refractivity contribution >= 4 is 11.6 Å². The molecule has 1 amide bonds. The molecule has 0 radical (unpaired) electrons. The molecule has 4 nitrogen and oxygen atoms in total. The Morgan fingerprint density at radius 1 is 1.24 bits per heavy atom. The molecular weight excluding hydrogens is 271 g/mol. The lowest BCUT2D eigenvalue weighted by Crippen LogP contribution is -2.25. The number of ether oxygens (including phenoxy) is 1. The van der Waals surface area contributed by atoms with Crippen LogP contribution in [0.3, 0.4) is 0 Å². The third-order valence-electron chi connectivity index (χ3n) is 3.11. The van der Waals surface area contributed by atoms with Crippen LogP contribution >= 0.6 is 0 Å². The number of hydrogen-bond donors (Lipinski definition) is 2. The number of methoxy groups -OCH3 is 1. The Bertz CT molecular complexity index is 627. The number of rotatable bonds is 5. The number of nitrogen functional groups attached to an aromatic ring is 1. The second-order valence-corrected chi connectivity index (χ2v) is 4.59. The summed E-state index contributed by atoms with van der Waals surface area (Å²) >= 11 is 0. The van der Waals surface area contributed by atoms with Gasteiger partial charge < -0.3 is 15.8 Å². The maximum absolute atomic E-state index is 12.8. The van der Waals surface area contributed by atoms with Crippen LogP contribution in [0.25, 0.3) is 0 Å².